The van der Waals surface area contributed by atoms with E-state index in [4.69, 9.17) is 0 Å². The molecule has 1 saturated heterocycles. The minimum absolute atomic E-state index is 0.0773. The van der Waals surface area contributed by atoms with E-state index in [2.05, 4.69) is 38.5 Å². The first-order chi connectivity index (χ1) is 10.1. The Labute approximate surface area is 127 Å². The molecule has 0 bridgehead atoms. The van der Waals surface area contributed by atoms with E-state index in [9.17, 15) is 4.79 Å². The van der Waals surface area contributed by atoms with Gasteiger partial charge in [-0.05, 0) is 19.4 Å². The highest BCUT2D eigenvalue weighted by Crippen LogP contribution is 2.33. The number of carbonyl (C=O) groups excluding carboxylic acids is 1. The molecule has 0 aliphatic carbocycles. The predicted octanol–water partition coefficient (Wildman–Crippen LogP) is 1.76. The minimum Gasteiger partial charge on any atom is -0.357 e. The highest BCUT2D eigenvalue weighted by molar-refractivity contribution is 7.18. The molecule has 0 aromatic carbocycles. The summed E-state index contributed by atoms with van der Waals surface area (Å²) in [6, 6.07) is 1.94. The Balaban J connectivity index is 2.15. The van der Waals surface area contributed by atoms with Crippen molar-refractivity contribution in [3.8, 4) is 0 Å². The molecule has 0 saturated carbocycles. The third-order valence-corrected chi connectivity index (χ3v) is 4.65. The van der Waals surface area contributed by atoms with Gasteiger partial charge in [0.15, 0.2) is 0 Å². The number of hydrogen-bond donors (Lipinski definition) is 2. The third kappa shape index (κ3) is 2.42. The first-order valence-corrected chi connectivity index (χ1v) is 7.96. The molecule has 1 aliphatic rings. The van der Waals surface area contributed by atoms with Crippen molar-refractivity contribution >= 4 is 39.2 Å². The number of fused-ring (bicyclic) bond motifs is 1. The molecule has 2 aromatic heterocycles. The molecule has 6 nitrogen and oxygen atoms in total. The van der Waals surface area contributed by atoms with Crippen LogP contribution in [-0.2, 0) is 4.79 Å². The molecule has 1 atom stereocenters. The lowest BCUT2D eigenvalue weighted by molar-refractivity contribution is -0.123. The summed E-state index contributed by atoms with van der Waals surface area (Å²) in [5, 5.41) is 6.97. The van der Waals surface area contributed by atoms with Crippen LogP contribution in [0.15, 0.2) is 6.07 Å². The Morgan fingerprint density at radius 1 is 1.52 bits per heavy atom. The summed E-state index contributed by atoms with van der Waals surface area (Å²) in [4.78, 5) is 25.5. The maximum Gasteiger partial charge on any atom is 0.242 e. The highest BCUT2D eigenvalue weighted by Gasteiger charge is 2.30. The number of aromatic nitrogens is 2. The van der Waals surface area contributed by atoms with E-state index in [1.165, 1.54) is 4.88 Å². The number of nitrogens with zero attached hydrogens (tertiary/aromatic N) is 3. The van der Waals surface area contributed by atoms with Crippen LogP contribution in [0.2, 0.25) is 0 Å². The fourth-order valence-corrected chi connectivity index (χ4v) is 3.61. The summed E-state index contributed by atoms with van der Waals surface area (Å²) in [6.07, 6.45) is 0.759. The molecular weight excluding hydrogens is 286 g/mol. The van der Waals surface area contributed by atoms with Crippen LogP contribution < -0.4 is 15.5 Å². The maximum atomic E-state index is 12.1. The van der Waals surface area contributed by atoms with Gasteiger partial charge in [0.25, 0.3) is 0 Å². The first-order valence-electron chi connectivity index (χ1n) is 7.14. The van der Waals surface area contributed by atoms with E-state index in [-0.39, 0.29) is 11.9 Å². The lowest BCUT2D eigenvalue weighted by atomic mass is 10.1. The average molecular weight is 305 g/mol. The number of thiophene rings is 1. The fourth-order valence-electron chi connectivity index (χ4n) is 2.73. The van der Waals surface area contributed by atoms with Gasteiger partial charge in [0.1, 0.15) is 16.7 Å². The fraction of sp³-hybridized carbons (Fsp3) is 0.500. The number of rotatable bonds is 3. The Hall–Kier alpha value is -1.89. The second kappa shape index (κ2) is 5.48. The summed E-state index contributed by atoms with van der Waals surface area (Å²) in [5.41, 5.74) is 0. The first kappa shape index (κ1) is 14.1. The van der Waals surface area contributed by atoms with Gasteiger partial charge < -0.3 is 15.5 Å². The van der Waals surface area contributed by atoms with Gasteiger partial charge in [0.05, 0.1) is 5.39 Å². The van der Waals surface area contributed by atoms with Crippen molar-refractivity contribution in [3.63, 3.8) is 0 Å². The van der Waals surface area contributed by atoms with Crippen molar-refractivity contribution in [3.05, 3.63) is 10.9 Å². The van der Waals surface area contributed by atoms with E-state index in [0.29, 0.717) is 12.5 Å². The van der Waals surface area contributed by atoms with Crippen LogP contribution in [0, 0.1) is 6.92 Å². The van der Waals surface area contributed by atoms with E-state index >= 15 is 0 Å². The van der Waals surface area contributed by atoms with Gasteiger partial charge in [-0.1, -0.05) is 6.92 Å². The summed E-state index contributed by atoms with van der Waals surface area (Å²) < 4.78 is 0. The zero-order valence-electron chi connectivity index (χ0n) is 12.4. The van der Waals surface area contributed by atoms with Crippen molar-refractivity contribution in [1.29, 1.82) is 0 Å². The van der Waals surface area contributed by atoms with E-state index in [1.807, 2.05) is 14.0 Å². The normalized spacial score (nSPS) is 18.9. The molecule has 3 rings (SSSR count). The molecule has 1 unspecified atom stereocenters. The van der Waals surface area contributed by atoms with Crippen molar-refractivity contribution in [2.75, 3.05) is 30.4 Å². The molecule has 0 spiro atoms. The van der Waals surface area contributed by atoms with E-state index < -0.39 is 0 Å². The molecule has 2 N–H and O–H groups in total. The Morgan fingerprint density at radius 2 is 2.33 bits per heavy atom. The third-order valence-electron chi connectivity index (χ3n) is 3.71. The smallest absolute Gasteiger partial charge is 0.242 e. The van der Waals surface area contributed by atoms with Crippen LogP contribution in [0.4, 0.5) is 11.8 Å². The number of hydrogen-bond acceptors (Lipinski definition) is 6. The van der Waals surface area contributed by atoms with Crippen LogP contribution in [0.3, 0.4) is 0 Å². The zero-order valence-corrected chi connectivity index (χ0v) is 13.3. The zero-order chi connectivity index (χ0) is 15.0. The van der Waals surface area contributed by atoms with Crippen LogP contribution in [0.25, 0.3) is 10.2 Å². The van der Waals surface area contributed by atoms with Gasteiger partial charge >= 0.3 is 0 Å². The lowest BCUT2D eigenvalue weighted by Gasteiger charge is -2.35. The maximum absolute atomic E-state index is 12.1. The van der Waals surface area contributed by atoms with Gasteiger partial charge in [-0.15, -0.1) is 11.3 Å². The summed E-state index contributed by atoms with van der Waals surface area (Å²) in [7, 11) is 1.81. The van der Waals surface area contributed by atoms with Crippen molar-refractivity contribution < 1.29 is 4.79 Å². The molecule has 1 aliphatic heterocycles. The molecule has 1 fully saturated rings. The Bertz CT molecular complexity index is 683. The second-order valence-electron chi connectivity index (χ2n) is 5.11. The molecule has 7 heteroatoms. The van der Waals surface area contributed by atoms with Crippen LogP contribution in [0.5, 0.6) is 0 Å². The monoisotopic (exact) mass is 305 g/mol. The largest absolute Gasteiger partial charge is 0.357 e. The molecule has 112 valence electrons. The summed E-state index contributed by atoms with van der Waals surface area (Å²) in [5.74, 6) is 1.53. The molecule has 0 radical (unpaired) electrons. The minimum atomic E-state index is -0.165. The Kier molecular flexibility index (Phi) is 3.67. The van der Waals surface area contributed by atoms with E-state index in [1.54, 1.807) is 11.3 Å². The van der Waals surface area contributed by atoms with Crippen LogP contribution in [-0.4, -0.2) is 42.1 Å². The van der Waals surface area contributed by atoms with E-state index in [0.717, 1.165) is 29.0 Å². The number of amides is 1. The topological polar surface area (TPSA) is 70.2 Å². The number of nitrogens with one attached hydrogen (secondary N) is 2. The molecular formula is C14H19N5OS. The number of carbonyl (C=O) groups is 1. The van der Waals surface area contributed by atoms with Crippen molar-refractivity contribution in [2.45, 2.75) is 26.3 Å². The number of aryl methyl sites for hydroxylation is 1. The summed E-state index contributed by atoms with van der Waals surface area (Å²) >= 11 is 1.65. The van der Waals surface area contributed by atoms with Crippen LogP contribution >= 0.6 is 11.3 Å². The predicted molar refractivity (Wildman–Crippen MR) is 86.1 cm³/mol. The quantitative estimate of drug-likeness (QED) is 0.904. The molecule has 3 heterocycles. The van der Waals surface area contributed by atoms with Crippen molar-refractivity contribution in [2.24, 2.45) is 0 Å². The Morgan fingerprint density at radius 3 is 3.05 bits per heavy atom. The molecule has 1 amide bonds. The van der Waals surface area contributed by atoms with Gasteiger partial charge in [-0.3, -0.25) is 4.79 Å². The highest BCUT2D eigenvalue weighted by atomic mass is 32.1. The summed E-state index contributed by atoms with van der Waals surface area (Å²) in [6.45, 7) is 5.52. The SMILES string of the molecule is CCC1C(=O)NCCN1c1nc(NC)nc2sc(C)cc12. The average Bonchev–Trinajstić information content (AvgIpc) is 2.85. The van der Waals surface area contributed by atoms with Gasteiger partial charge in [0, 0.05) is 25.0 Å². The number of anilines is 2. The molecule has 21 heavy (non-hydrogen) atoms. The molecule has 2 aromatic rings. The lowest BCUT2D eigenvalue weighted by Crippen LogP contribution is -2.55. The van der Waals surface area contributed by atoms with Crippen molar-refractivity contribution in [1.82, 2.24) is 15.3 Å². The number of piperazine rings is 1. The van der Waals surface area contributed by atoms with Crippen LogP contribution in [0.1, 0.15) is 18.2 Å². The second-order valence-corrected chi connectivity index (χ2v) is 6.34. The van der Waals surface area contributed by atoms with Gasteiger partial charge in [-0.2, -0.15) is 4.98 Å². The van der Waals surface area contributed by atoms with Gasteiger partial charge in [0.2, 0.25) is 11.9 Å². The standard InChI is InChI=1S/C14H19N5OS/c1-4-10-12(20)16-5-6-19(10)11-9-7-8(2)21-13(9)18-14(15-3)17-11/h7,10H,4-6H2,1-3H3,(H,16,20)(H,15,17,18). The van der Waals surface area contributed by atoms with Gasteiger partial charge in [-0.25, -0.2) is 4.98 Å².